The summed E-state index contributed by atoms with van der Waals surface area (Å²) >= 11 is 0. The number of morpholine rings is 1. The molecule has 1 fully saturated rings. The van der Waals surface area contributed by atoms with Crippen LogP contribution in [0.3, 0.4) is 0 Å². The topological polar surface area (TPSA) is 12.5 Å². The summed E-state index contributed by atoms with van der Waals surface area (Å²) in [5.41, 5.74) is 1.35. The predicted molar refractivity (Wildman–Crippen MR) is 67.4 cm³/mol. The van der Waals surface area contributed by atoms with E-state index < -0.39 is 5.73 Å². The average molecular weight is 231 g/mol. The monoisotopic (exact) mass is 231 g/mol. The first-order valence-electron chi connectivity index (χ1n) is 5.76. The molecule has 0 spiro atoms. The average Bonchev–Trinajstić information content (AvgIpc) is 2.32. The maximum absolute atomic E-state index is 12.5. The molecule has 2 nitrogen and oxygen atoms in total. The molecule has 4 heteroatoms. The summed E-state index contributed by atoms with van der Waals surface area (Å²) in [6.45, 7) is 4.47. The first-order valence-corrected chi connectivity index (χ1v) is 5.76. The summed E-state index contributed by atoms with van der Waals surface area (Å²) in [6, 6.07) is 7.76. The molecule has 0 unspecified atom stereocenters. The van der Waals surface area contributed by atoms with Crippen LogP contribution in [-0.4, -0.2) is 39.0 Å². The maximum Gasteiger partial charge on any atom is 0.156 e. The molecule has 1 aromatic rings. The van der Waals surface area contributed by atoms with Crippen molar-refractivity contribution >= 4 is 13.9 Å². The van der Waals surface area contributed by atoms with Crippen molar-refractivity contribution in [1.82, 2.24) is 4.90 Å². The van der Waals surface area contributed by atoms with Crippen LogP contribution in [-0.2, 0) is 11.3 Å². The number of benzene rings is 1. The van der Waals surface area contributed by atoms with Crippen LogP contribution in [0.15, 0.2) is 30.0 Å². The number of hydrogen-bond acceptors (Lipinski definition) is 2. The minimum Gasteiger partial charge on any atom is -0.379 e. The third-order valence-electron chi connectivity index (χ3n) is 2.79. The van der Waals surface area contributed by atoms with Gasteiger partial charge >= 0.3 is 0 Å². The zero-order valence-corrected chi connectivity index (χ0v) is 9.73. The van der Waals surface area contributed by atoms with E-state index in [1.54, 1.807) is 0 Å². The molecule has 1 saturated heterocycles. The van der Waals surface area contributed by atoms with Crippen molar-refractivity contribution < 1.29 is 9.13 Å². The van der Waals surface area contributed by atoms with Gasteiger partial charge in [0.05, 0.1) is 13.2 Å². The third-order valence-corrected chi connectivity index (χ3v) is 2.79. The Labute approximate surface area is 102 Å². The lowest BCUT2D eigenvalue weighted by Gasteiger charge is -2.26. The van der Waals surface area contributed by atoms with E-state index in [0.717, 1.165) is 38.4 Å². The Kier molecular flexibility index (Phi) is 4.34. The molecule has 0 aliphatic carbocycles. The molecule has 1 aromatic carbocycles. The van der Waals surface area contributed by atoms with Gasteiger partial charge in [-0.2, -0.15) is 0 Å². The Balaban J connectivity index is 1.95. The molecular weight excluding hydrogens is 216 g/mol. The predicted octanol–water partition coefficient (Wildman–Crippen LogP) is 1.96. The van der Waals surface area contributed by atoms with E-state index >= 15 is 0 Å². The molecule has 2 radical (unpaired) electrons. The minimum absolute atomic E-state index is 0.661. The Morgan fingerprint density at radius 2 is 1.94 bits per heavy atom. The largest absolute Gasteiger partial charge is 0.379 e. The molecule has 17 heavy (non-hydrogen) atoms. The van der Waals surface area contributed by atoms with Crippen molar-refractivity contribution in [3.05, 3.63) is 41.1 Å². The van der Waals surface area contributed by atoms with Crippen molar-refractivity contribution in [1.29, 1.82) is 0 Å². The lowest BCUT2D eigenvalue weighted by molar-refractivity contribution is 0.0342. The van der Waals surface area contributed by atoms with Gasteiger partial charge in [-0.25, -0.2) is 4.39 Å². The normalized spacial score (nSPS) is 18.3. The molecule has 0 atom stereocenters. The van der Waals surface area contributed by atoms with Gasteiger partial charge in [0.2, 0.25) is 0 Å². The van der Waals surface area contributed by atoms with Crippen LogP contribution in [0.5, 0.6) is 0 Å². The molecular formula is C13H15BFNO. The minimum atomic E-state index is -0.661. The zero-order valence-electron chi connectivity index (χ0n) is 9.73. The zero-order chi connectivity index (χ0) is 12.1. The highest BCUT2D eigenvalue weighted by molar-refractivity contribution is 6.22. The number of nitrogens with zero attached hydrogens (tertiary/aromatic N) is 1. The molecule has 1 aliphatic heterocycles. The Morgan fingerprint density at radius 1 is 1.29 bits per heavy atom. The van der Waals surface area contributed by atoms with Gasteiger partial charge in [-0.3, -0.25) is 4.90 Å². The smallest absolute Gasteiger partial charge is 0.156 e. The summed E-state index contributed by atoms with van der Waals surface area (Å²) in [6.07, 6.45) is 1.32. The molecule has 0 bridgehead atoms. The van der Waals surface area contributed by atoms with Crippen LogP contribution >= 0.6 is 0 Å². The van der Waals surface area contributed by atoms with Gasteiger partial charge < -0.3 is 4.74 Å². The van der Waals surface area contributed by atoms with Crippen molar-refractivity contribution in [3.63, 3.8) is 0 Å². The number of rotatable bonds is 3. The van der Waals surface area contributed by atoms with Gasteiger partial charge in [-0.15, -0.1) is 0 Å². The summed E-state index contributed by atoms with van der Waals surface area (Å²) in [4.78, 5) is 2.35. The summed E-state index contributed by atoms with van der Waals surface area (Å²) in [5, 5.41) is 0. The second kappa shape index (κ2) is 5.98. The number of ether oxygens (including phenoxy) is 1. The van der Waals surface area contributed by atoms with E-state index in [2.05, 4.69) is 4.90 Å². The van der Waals surface area contributed by atoms with E-state index in [4.69, 9.17) is 12.6 Å². The molecule has 0 N–H and O–H groups in total. The van der Waals surface area contributed by atoms with E-state index in [1.165, 1.54) is 11.6 Å². The second-order valence-electron chi connectivity index (χ2n) is 4.16. The van der Waals surface area contributed by atoms with E-state index in [1.807, 2.05) is 24.3 Å². The fourth-order valence-corrected chi connectivity index (χ4v) is 1.90. The second-order valence-corrected chi connectivity index (χ2v) is 4.16. The van der Waals surface area contributed by atoms with Gasteiger partial charge in [0, 0.05) is 25.4 Å². The SMILES string of the molecule is [B]/C(F)=C/c1ccc(CN2CCOCC2)cc1. The fraction of sp³-hybridized carbons (Fsp3) is 0.385. The lowest BCUT2D eigenvalue weighted by atomic mass is 10.0. The summed E-state index contributed by atoms with van der Waals surface area (Å²) < 4.78 is 17.8. The van der Waals surface area contributed by atoms with Gasteiger partial charge in [-0.1, -0.05) is 24.3 Å². The van der Waals surface area contributed by atoms with Gasteiger partial charge in [0.25, 0.3) is 0 Å². The first-order chi connectivity index (χ1) is 8.24. The van der Waals surface area contributed by atoms with Crippen molar-refractivity contribution in [3.8, 4) is 0 Å². The van der Waals surface area contributed by atoms with E-state index in [0.29, 0.717) is 0 Å². The van der Waals surface area contributed by atoms with Crippen molar-refractivity contribution in [2.24, 2.45) is 0 Å². The highest BCUT2D eigenvalue weighted by Gasteiger charge is 2.10. The highest BCUT2D eigenvalue weighted by atomic mass is 19.1. The van der Waals surface area contributed by atoms with E-state index in [-0.39, 0.29) is 0 Å². The standard InChI is InChI=1S/C13H15BFNO/c14-13(15)9-11-1-3-12(4-2-11)10-16-5-7-17-8-6-16/h1-4,9H,5-8,10H2/b13-9-. The Morgan fingerprint density at radius 3 is 2.53 bits per heavy atom. The van der Waals surface area contributed by atoms with Gasteiger partial charge in [-0.05, 0) is 17.2 Å². The molecule has 2 rings (SSSR count). The van der Waals surface area contributed by atoms with Gasteiger partial charge in [0.15, 0.2) is 7.85 Å². The van der Waals surface area contributed by atoms with Crippen LogP contribution in [0.25, 0.3) is 6.08 Å². The molecule has 0 saturated carbocycles. The molecule has 88 valence electrons. The third kappa shape index (κ3) is 3.98. The van der Waals surface area contributed by atoms with Crippen LogP contribution < -0.4 is 0 Å². The van der Waals surface area contributed by atoms with Gasteiger partial charge in [0.1, 0.15) is 0 Å². The van der Waals surface area contributed by atoms with Crippen LogP contribution in [0.2, 0.25) is 0 Å². The first kappa shape index (κ1) is 12.3. The quantitative estimate of drug-likeness (QED) is 0.737. The number of hydrogen-bond donors (Lipinski definition) is 0. The van der Waals surface area contributed by atoms with Crippen molar-refractivity contribution in [2.75, 3.05) is 26.3 Å². The van der Waals surface area contributed by atoms with Crippen LogP contribution in [0.4, 0.5) is 4.39 Å². The van der Waals surface area contributed by atoms with Crippen LogP contribution in [0, 0.1) is 0 Å². The lowest BCUT2D eigenvalue weighted by Crippen LogP contribution is -2.35. The summed E-state index contributed by atoms with van der Waals surface area (Å²) in [7, 11) is 4.98. The molecule has 0 amide bonds. The highest BCUT2D eigenvalue weighted by Crippen LogP contribution is 2.11. The number of halogens is 1. The summed E-state index contributed by atoms with van der Waals surface area (Å²) in [5.74, 6) is 0. The molecule has 1 aliphatic rings. The molecule has 1 heterocycles. The van der Waals surface area contributed by atoms with E-state index in [9.17, 15) is 4.39 Å². The van der Waals surface area contributed by atoms with Crippen LogP contribution in [0.1, 0.15) is 11.1 Å². The Hall–Kier alpha value is -1.13. The Bertz CT molecular complexity index is 381. The fourth-order valence-electron chi connectivity index (χ4n) is 1.90. The van der Waals surface area contributed by atoms with Crippen molar-refractivity contribution in [2.45, 2.75) is 6.54 Å². The molecule has 0 aromatic heterocycles. The maximum atomic E-state index is 12.5.